The number of ether oxygens (including phenoxy) is 1. The molecule has 3 aromatic rings. The van der Waals surface area contributed by atoms with Crippen molar-refractivity contribution in [1.82, 2.24) is 15.4 Å². The minimum Gasteiger partial charge on any atom is -0.497 e. The van der Waals surface area contributed by atoms with Gasteiger partial charge in [-0.3, -0.25) is 0 Å². The number of nitrogens with one attached hydrogen (secondary N) is 1. The van der Waals surface area contributed by atoms with Gasteiger partial charge in [-0.1, -0.05) is 77.8 Å². The van der Waals surface area contributed by atoms with Crippen LogP contribution < -0.4 is 10.2 Å². The number of hydrogen-bond donors (Lipinski definition) is 1. The molecule has 0 aromatic heterocycles. The van der Waals surface area contributed by atoms with Crippen LogP contribution in [0, 0.1) is 0 Å². The fraction of sp³-hybridized carbons (Fsp3) is 0.290. The molecule has 1 aliphatic heterocycles. The van der Waals surface area contributed by atoms with E-state index in [2.05, 4.69) is 57.4 Å². The van der Waals surface area contributed by atoms with E-state index < -0.39 is 0 Å². The minimum atomic E-state index is -0.226. The standard InChI is InChI=1S/C31H37N4O2/c1-23(2)32-34-29(26-14-8-6-9-15-26)30(27-16-10-7-11-17-27)35(31(34)36)33(24(3)4)22-12-13-25-18-20-28(37-5)21-19-25/h6-24,29-30,32H,1-5H3/q+1/b13-12+,33-22+/t29-,30-/m1/s1. The molecular formula is C31H37N4O2+. The maximum atomic E-state index is 14.1. The molecule has 6 nitrogen and oxygen atoms in total. The summed E-state index contributed by atoms with van der Waals surface area (Å²) in [6, 6.07) is 28.1. The zero-order chi connectivity index (χ0) is 26.4. The van der Waals surface area contributed by atoms with E-state index in [0.717, 1.165) is 22.4 Å². The normalized spacial score (nSPS) is 18.5. The van der Waals surface area contributed by atoms with Gasteiger partial charge in [0, 0.05) is 12.1 Å². The zero-order valence-corrected chi connectivity index (χ0v) is 22.3. The highest BCUT2D eigenvalue weighted by atomic mass is 16.5. The maximum absolute atomic E-state index is 14.1. The van der Waals surface area contributed by atoms with E-state index in [1.807, 2.05) is 88.7 Å². The lowest BCUT2D eigenvalue weighted by Gasteiger charge is -2.28. The van der Waals surface area contributed by atoms with Crippen molar-refractivity contribution in [3.63, 3.8) is 0 Å². The van der Waals surface area contributed by atoms with Gasteiger partial charge in [0.15, 0.2) is 12.3 Å². The average molecular weight is 498 g/mol. The molecule has 1 fully saturated rings. The van der Waals surface area contributed by atoms with E-state index in [1.54, 1.807) is 12.1 Å². The fourth-order valence-corrected chi connectivity index (χ4v) is 4.68. The van der Waals surface area contributed by atoms with Crippen LogP contribution in [0.25, 0.3) is 6.08 Å². The molecule has 4 rings (SSSR count). The monoisotopic (exact) mass is 497 g/mol. The van der Waals surface area contributed by atoms with Gasteiger partial charge in [-0.2, -0.15) is 0 Å². The molecule has 2 amide bonds. The molecule has 0 spiro atoms. The summed E-state index contributed by atoms with van der Waals surface area (Å²) in [5.74, 6) is 0.822. The minimum absolute atomic E-state index is 0.0473. The summed E-state index contributed by atoms with van der Waals surface area (Å²) in [6.45, 7) is 8.31. The van der Waals surface area contributed by atoms with Crippen LogP contribution in [0.2, 0.25) is 0 Å². The van der Waals surface area contributed by atoms with Crippen molar-refractivity contribution in [3.8, 4) is 5.75 Å². The van der Waals surface area contributed by atoms with Gasteiger partial charge in [0.1, 0.15) is 17.8 Å². The molecule has 0 bridgehead atoms. The van der Waals surface area contributed by atoms with E-state index in [-0.39, 0.29) is 30.2 Å². The first-order valence-electron chi connectivity index (χ1n) is 12.8. The van der Waals surface area contributed by atoms with Crippen molar-refractivity contribution >= 4 is 18.3 Å². The highest BCUT2D eigenvalue weighted by molar-refractivity contribution is 5.79. The summed E-state index contributed by atoms with van der Waals surface area (Å²) in [7, 11) is 1.66. The third kappa shape index (κ3) is 5.92. The SMILES string of the molecule is COc1ccc(/C=C/C=[N+](\C(C)C)N2C(=O)N(NC(C)C)[C@H](c3ccccc3)[C@H]2c2ccccc2)cc1. The molecule has 192 valence electrons. The summed E-state index contributed by atoms with van der Waals surface area (Å²) in [5.41, 5.74) is 6.64. The van der Waals surface area contributed by atoms with E-state index in [0.29, 0.717) is 0 Å². The first-order chi connectivity index (χ1) is 17.9. The second kappa shape index (κ2) is 11.9. The summed E-state index contributed by atoms with van der Waals surface area (Å²) in [4.78, 5) is 14.1. The third-order valence-electron chi connectivity index (χ3n) is 6.34. The number of nitrogens with zero attached hydrogens (tertiary/aromatic N) is 3. The highest BCUT2D eigenvalue weighted by Gasteiger charge is 2.53. The fourth-order valence-electron chi connectivity index (χ4n) is 4.68. The van der Waals surface area contributed by atoms with Gasteiger partial charge in [-0.05, 0) is 62.6 Å². The first-order valence-corrected chi connectivity index (χ1v) is 12.8. The molecular weight excluding hydrogens is 460 g/mol. The number of carbonyl (C=O) groups excluding carboxylic acids is 1. The third-order valence-corrected chi connectivity index (χ3v) is 6.34. The van der Waals surface area contributed by atoms with Crippen molar-refractivity contribution in [2.75, 3.05) is 7.11 Å². The number of carbonyl (C=O) groups is 1. The Labute approximate surface area is 220 Å². The van der Waals surface area contributed by atoms with Crippen LogP contribution >= 0.6 is 0 Å². The lowest BCUT2D eigenvalue weighted by Crippen LogP contribution is -2.48. The van der Waals surface area contributed by atoms with Gasteiger partial charge in [0.25, 0.3) is 0 Å². The van der Waals surface area contributed by atoms with E-state index >= 15 is 0 Å². The number of hydrazone groups is 1. The van der Waals surface area contributed by atoms with Gasteiger partial charge < -0.3 is 4.74 Å². The number of allylic oxidation sites excluding steroid dienone is 1. The van der Waals surface area contributed by atoms with Gasteiger partial charge in [-0.15, -0.1) is 4.68 Å². The molecule has 2 atom stereocenters. The lowest BCUT2D eigenvalue weighted by molar-refractivity contribution is -0.695. The van der Waals surface area contributed by atoms with Crippen molar-refractivity contribution < 1.29 is 14.2 Å². The summed E-state index contributed by atoms with van der Waals surface area (Å²) in [5, 5.41) is 3.69. The molecule has 0 unspecified atom stereocenters. The van der Waals surface area contributed by atoms with Crippen molar-refractivity contribution in [2.45, 2.75) is 51.9 Å². The Morgan fingerprint density at radius 2 is 1.41 bits per heavy atom. The van der Waals surface area contributed by atoms with Crippen molar-refractivity contribution in [1.29, 1.82) is 0 Å². The molecule has 0 saturated carbocycles. The molecule has 3 aromatic carbocycles. The highest BCUT2D eigenvalue weighted by Crippen LogP contribution is 2.44. The van der Waals surface area contributed by atoms with Crippen molar-refractivity contribution in [2.24, 2.45) is 0 Å². The number of amides is 2. The number of urea groups is 1. The number of benzene rings is 3. The summed E-state index contributed by atoms with van der Waals surface area (Å²) >= 11 is 0. The van der Waals surface area contributed by atoms with Crippen LogP contribution in [-0.2, 0) is 0 Å². The van der Waals surface area contributed by atoms with Gasteiger partial charge in [-0.25, -0.2) is 15.2 Å². The molecule has 1 N–H and O–H groups in total. The van der Waals surface area contributed by atoms with Crippen LogP contribution in [-0.4, -0.2) is 46.1 Å². The Balaban J connectivity index is 1.80. The molecule has 6 heteroatoms. The van der Waals surface area contributed by atoms with Crippen LogP contribution in [0.15, 0.2) is 91.0 Å². The second-order valence-corrected chi connectivity index (χ2v) is 9.75. The number of hydrazine groups is 2. The van der Waals surface area contributed by atoms with Gasteiger partial charge in [0.2, 0.25) is 0 Å². The van der Waals surface area contributed by atoms with Gasteiger partial charge in [0.05, 0.1) is 7.11 Å². The lowest BCUT2D eigenvalue weighted by atomic mass is 9.94. The zero-order valence-electron chi connectivity index (χ0n) is 22.3. The van der Waals surface area contributed by atoms with E-state index in [1.165, 1.54) is 0 Å². The van der Waals surface area contributed by atoms with Crippen molar-refractivity contribution in [3.05, 3.63) is 108 Å². The Hall–Kier alpha value is -3.90. The molecule has 1 heterocycles. The topological polar surface area (TPSA) is 47.8 Å². The van der Waals surface area contributed by atoms with E-state index in [9.17, 15) is 4.79 Å². The molecule has 1 aliphatic rings. The number of hydrogen-bond acceptors (Lipinski definition) is 3. The average Bonchev–Trinajstić information content (AvgIpc) is 3.18. The Bertz CT molecular complexity index is 1220. The Kier molecular flexibility index (Phi) is 8.41. The van der Waals surface area contributed by atoms with Crippen LogP contribution in [0.3, 0.4) is 0 Å². The van der Waals surface area contributed by atoms with Crippen LogP contribution in [0.5, 0.6) is 5.75 Å². The van der Waals surface area contributed by atoms with E-state index in [4.69, 9.17) is 4.74 Å². The first kappa shape index (κ1) is 26.2. The molecule has 37 heavy (non-hydrogen) atoms. The maximum Gasteiger partial charge on any atom is 0.388 e. The summed E-state index contributed by atoms with van der Waals surface area (Å²) in [6.07, 6.45) is 6.02. The van der Waals surface area contributed by atoms with Crippen LogP contribution in [0.1, 0.15) is 56.5 Å². The molecule has 0 radical (unpaired) electrons. The smallest absolute Gasteiger partial charge is 0.388 e. The van der Waals surface area contributed by atoms with Crippen LogP contribution in [0.4, 0.5) is 4.79 Å². The largest absolute Gasteiger partial charge is 0.497 e. The number of methoxy groups -OCH3 is 1. The Morgan fingerprint density at radius 3 is 1.92 bits per heavy atom. The number of rotatable bonds is 9. The predicted molar refractivity (Wildman–Crippen MR) is 149 cm³/mol. The quantitative estimate of drug-likeness (QED) is 0.281. The predicted octanol–water partition coefficient (Wildman–Crippen LogP) is 6.25. The summed E-state index contributed by atoms with van der Waals surface area (Å²) < 4.78 is 7.31. The molecule has 0 aliphatic carbocycles. The molecule has 1 saturated heterocycles. The Morgan fingerprint density at radius 1 is 0.838 bits per heavy atom. The second-order valence-electron chi connectivity index (χ2n) is 9.75. The van der Waals surface area contributed by atoms with Gasteiger partial charge >= 0.3 is 6.03 Å².